The molecule has 2 aromatic carbocycles. The second kappa shape index (κ2) is 7.75. The van der Waals surface area contributed by atoms with E-state index in [1.54, 1.807) is 24.2 Å². The van der Waals surface area contributed by atoms with Gasteiger partial charge in [0, 0.05) is 23.9 Å². The van der Waals surface area contributed by atoms with E-state index in [1.807, 2.05) is 43.3 Å². The van der Waals surface area contributed by atoms with Crippen molar-refractivity contribution in [1.82, 2.24) is 4.90 Å². The monoisotopic (exact) mass is 347 g/mol. The summed E-state index contributed by atoms with van der Waals surface area (Å²) in [6, 6.07) is 15.5. The van der Waals surface area contributed by atoms with Gasteiger partial charge in [0.15, 0.2) is 0 Å². The second-order valence-corrected chi connectivity index (χ2v) is 6.13. The fourth-order valence-electron chi connectivity index (χ4n) is 3.08. The molecule has 0 bridgehead atoms. The molecule has 0 spiro atoms. The van der Waals surface area contributed by atoms with Crippen molar-refractivity contribution in [3.63, 3.8) is 0 Å². The Morgan fingerprint density at radius 3 is 2.81 bits per heavy atom. The second-order valence-electron chi connectivity index (χ2n) is 6.13. The summed E-state index contributed by atoms with van der Waals surface area (Å²) in [6.45, 7) is 3.30. The van der Waals surface area contributed by atoms with E-state index in [9.17, 15) is 10.1 Å². The molecule has 1 aliphatic heterocycles. The van der Waals surface area contributed by atoms with Crippen molar-refractivity contribution in [3.05, 3.63) is 59.8 Å². The molecule has 1 amide bonds. The molecule has 0 aromatic heterocycles. The van der Waals surface area contributed by atoms with E-state index in [0.717, 1.165) is 35.5 Å². The molecular formula is C21H21N3O2. The molecule has 0 radical (unpaired) electrons. The maximum atomic E-state index is 12.1. The minimum Gasteiger partial charge on any atom is -0.497 e. The Morgan fingerprint density at radius 2 is 2.08 bits per heavy atom. The lowest BCUT2D eigenvalue weighted by Gasteiger charge is -2.18. The summed E-state index contributed by atoms with van der Waals surface area (Å²) < 4.78 is 5.31. The number of carbonyl (C=O) groups excluding carboxylic acids is 1. The number of ether oxygens (including phenoxy) is 1. The normalized spacial score (nSPS) is 13.3. The SMILES string of the molecule is CCCN1CC(Nc2c(C#N)cccc2-c2cccc(OC)c2)=CC1=O. The molecule has 132 valence electrons. The van der Waals surface area contributed by atoms with Crippen LogP contribution in [0.25, 0.3) is 11.1 Å². The molecule has 5 nitrogen and oxygen atoms in total. The van der Waals surface area contributed by atoms with Gasteiger partial charge < -0.3 is 15.0 Å². The van der Waals surface area contributed by atoms with Crippen LogP contribution in [0.5, 0.6) is 5.75 Å². The van der Waals surface area contributed by atoms with Gasteiger partial charge in [-0.25, -0.2) is 0 Å². The lowest BCUT2D eigenvalue weighted by molar-refractivity contribution is -0.124. The van der Waals surface area contributed by atoms with E-state index in [4.69, 9.17) is 4.74 Å². The molecule has 0 aliphatic carbocycles. The van der Waals surface area contributed by atoms with Crippen LogP contribution in [0.1, 0.15) is 18.9 Å². The third-order valence-corrected chi connectivity index (χ3v) is 4.32. The van der Waals surface area contributed by atoms with Gasteiger partial charge in [-0.1, -0.05) is 31.2 Å². The predicted octanol–water partition coefficient (Wildman–Crippen LogP) is 3.78. The van der Waals surface area contributed by atoms with Gasteiger partial charge in [-0.15, -0.1) is 0 Å². The minimum absolute atomic E-state index is 0.00622. The number of carbonyl (C=O) groups is 1. The number of anilines is 1. The Kier molecular flexibility index (Phi) is 5.23. The van der Waals surface area contributed by atoms with Crippen molar-refractivity contribution in [3.8, 4) is 22.9 Å². The van der Waals surface area contributed by atoms with Crippen molar-refractivity contribution in [1.29, 1.82) is 5.26 Å². The highest BCUT2D eigenvalue weighted by Gasteiger charge is 2.22. The first-order chi connectivity index (χ1) is 12.7. The van der Waals surface area contributed by atoms with E-state index >= 15 is 0 Å². The molecule has 0 atom stereocenters. The van der Waals surface area contributed by atoms with Crippen LogP contribution in [-0.4, -0.2) is 31.0 Å². The summed E-state index contributed by atoms with van der Waals surface area (Å²) in [5, 5.41) is 12.9. The lowest BCUT2D eigenvalue weighted by Crippen LogP contribution is -2.27. The maximum absolute atomic E-state index is 12.1. The van der Waals surface area contributed by atoms with Gasteiger partial charge in [0.25, 0.3) is 0 Å². The molecule has 1 heterocycles. The standard InChI is InChI=1S/C21H21N3O2/c1-3-10-24-14-17(12-20(24)25)23-21-16(13-22)7-5-9-19(21)15-6-4-8-18(11-15)26-2/h4-9,11-12,23H,3,10,14H2,1-2H3. The Bertz CT molecular complexity index is 896. The van der Waals surface area contributed by atoms with Gasteiger partial charge in [0.2, 0.25) is 5.91 Å². The molecule has 2 aromatic rings. The summed E-state index contributed by atoms with van der Waals surface area (Å²) in [5.74, 6) is 0.756. The highest BCUT2D eigenvalue weighted by Crippen LogP contribution is 2.34. The summed E-state index contributed by atoms with van der Waals surface area (Å²) in [5.41, 5.74) is 3.88. The van der Waals surface area contributed by atoms with Crippen LogP contribution in [0.15, 0.2) is 54.2 Å². The zero-order chi connectivity index (χ0) is 18.5. The number of amides is 1. The van der Waals surface area contributed by atoms with Gasteiger partial charge in [-0.05, 0) is 30.2 Å². The Morgan fingerprint density at radius 1 is 1.27 bits per heavy atom. The first-order valence-corrected chi connectivity index (χ1v) is 8.60. The molecule has 3 rings (SSSR count). The van der Waals surface area contributed by atoms with E-state index in [-0.39, 0.29) is 5.91 Å². The van der Waals surface area contributed by atoms with Gasteiger partial charge >= 0.3 is 0 Å². The quantitative estimate of drug-likeness (QED) is 0.863. The Balaban J connectivity index is 1.98. The van der Waals surface area contributed by atoms with Crippen LogP contribution < -0.4 is 10.1 Å². The number of methoxy groups -OCH3 is 1. The largest absolute Gasteiger partial charge is 0.497 e. The number of benzene rings is 2. The van der Waals surface area contributed by atoms with Crippen molar-refractivity contribution in [2.45, 2.75) is 13.3 Å². The number of nitrogens with one attached hydrogen (secondary N) is 1. The molecule has 1 aliphatic rings. The highest BCUT2D eigenvalue weighted by molar-refractivity contribution is 5.93. The molecule has 0 fully saturated rings. The fraction of sp³-hybridized carbons (Fsp3) is 0.238. The molecule has 0 unspecified atom stereocenters. The van der Waals surface area contributed by atoms with E-state index < -0.39 is 0 Å². The van der Waals surface area contributed by atoms with Crippen LogP contribution in [-0.2, 0) is 4.79 Å². The zero-order valence-electron chi connectivity index (χ0n) is 15.0. The molecule has 5 heteroatoms. The van der Waals surface area contributed by atoms with Gasteiger partial charge in [-0.3, -0.25) is 4.79 Å². The predicted molar refractivity (Wildman–Crippen MR) is 102 cm³/mol. The first-order valence-electron chi connectivity index (χ1n) is 8.60. The highest BCUT2D eigenvalue weighted by atomic mass is 16.5. The first kappa shape index (κ1) is 17.6. The van der Waals surface area contributed by atoms with Crippen LogP contribution in [0.4, 0.5) is 5.69 Å². The van der Waals surface area contributed by atoms with Gasteiger partial charge in [0.05, 0.1) is 24.9 Å². The van der Waals surface area contributed by atoms with Gasteiger partial charge in [-0.2, -0.15) is 5.26 Å². The minimum atomic E-state index is 0.00622. The van der Waals surface area contributed by atoms with Crippen molar-refractivity contribution in [2.75, 3.05) is 25.5 Å². The summed E-state index contributed by atoms with van der Waals surface area (Å²) in [7, 11) is 1.63. The Hall–Kier alpha value is -3.26. The number of rotatable bonds is 6. The molecule has 1 N–H and O–H groups in total. The van der Waals surface area contributed by atoms with Crippen molar-refractivity contribution in [2.24, 2.45) is 0 Å². The zero-order valence-corrected chi connectivity index (χ0v) is 15.0. The number of hydrogen-bond acceptors (Lipinski definition) is 4. The maximum Gasteiger partial charge on any atom is 0.248 e. The summed E-state index contributed by atoms with van der Waals surface area (Å²) in [6.07, 6.45) is 2.52. The van der Waals surface area contributed by atoms with E-state index in [2.05, 4.69) is 11.4 Å². The number of nitrogens with zero attached hydrogens (tertiary/aromatic N) is 2. The number of nitriles is 1. The van der Waals surface area contributed by atoms with Crippen LogP contribution in [0.3, 0.4) is 0 Å². The van der Waals surface area contributed by atoms with Gasteiger partial charge in [0.1, 0.15) is 11.8 Å². The van der Waals surface area contributed by atoms with Crippen LogP contribution in [0.2, 0.25) is 0 Å². The average molecular weight is 347 g/mol. The number of para-hydroxylation sites is 1. The Labute approximate surface area is 153 Å². The molecule has 0 saturated heterocycles. The number of hydrogen-bond donors (Lipinski definition) is 1. The molecular weight excluding hydrogens is 326 g/mol. The fourth-order valence-corrected chi connectivity index (χ4v) is 3.08. The van der Waals surface area contributed by atoms with Crippen LogP contribution >= 0.6 is 0 Å². The summed E-state index contributed by atoms with van der Waals surface area (Å²) in [4.78, 5) is 13.9. The average Bonchev–Trinajstić information content (AvgIpc) is 3.01. The third kappa shape index (κ3) is 3.55. The summed E-state index contributed by atoms with van der Waals surface area (Å²) >= 11 is 0. The van der Waals surface area contributed by atoms with E-state index in [0.29, 0.717) is 17.8 Å². The topological polar surface area (TPSA) is 65.4 Å². The smallest absolute Gasteiger partial charge is 0.248 e. The van der Waals surface area contributed by atoms with Crippen molar-refractivity contribution < 1.29 is 9.53 Å². The van der Waals surface area contributed by atoms with Crippen molar-refractivity contribution >= 4 is 11.6 Å². The molecule has 26 heavy (non-hydrogen) atoms. The lowest BCUT2D eigenvalue weighted by atomic mass is 10.00. The van der Waals surface area contributed by atoms with E-state index in [1.165, 1.54) is 0 Å². The van der Waals surface area contributed by atoms with Crippen LogP contribution in [0, 0.1) is 11.3 Å². The third-order valence-electron chi connectivity index (χ3n) is 4.32. The molecule has 0 saturated carbocycles.